The molecule has 1 aliphatic rings. The van der Waals surface area contributed by atoms with Crippen LogP contribution in [0.5, 0.6) is 0 Å². The zero-order valence-corrected chi connectivity index (χ0v) is 11.9. The first kappa shape index (κ1) is 14.3. The minimum absolute atomic E-state index is 0.162. The topological polar surface area (TPSA) is 15.3 Å². The Morgan fingerprint density at radius 3 is 2.89 bits per heavy atom. The van der Waals surface area contributed by atoms with E-state index in [2.05, 4.69) is 17.1 Å². The Morgan fingerprint density at radius 1 is 1.26 bits per heavy atom. The van der Waals surface area contributed by atoms with Crippen LogP contribution in [-0.2, 0) is 0 Å². The SMILES string of the molecule is CCC1CCCCCN1CCNc1ccccc1F. The van der Waals surface area contributed by atoms with E-state index in [-0.39, 0.29) is 5.82 Å². The van der Waals surface area contributed by atoms with E-state index < -0.39 is 0 Å². The number of benzene rings is 1. The first-order valence-corrected chi connectivity index (χ1v) is 7.53. The van der Waals surface area contributed by atoms with E-state index >= 15 is 0 Å². The van der Waals surface area contributed by atoms with Gasteiger partial charge >= 0.3 is 0 Å². The van der Waals surface area contributed by atoms with Gasteiger partial charge in [-0.2, -0.15) is 0 Å². The van der Waals surface area contributed by atoms with Crippen molar-refractivity contribution in [2.24, 2.45) is 0 Å². The van der Waals surface area contributed by atoms with Gasteiger partial charge in [0.15, 0.2) is 0 Å². The van der Waals surface area contributed by atoms with Gasteiger partial charge in [-0.25, -0.2) is 4.39 Å². The van der Waals surface area contributed by atoms with Gasteiger partial charge in [-0.3, -0.25) is 4.90 Å². The van der Waals surface area contributed by atoms with Crippen LogP contribution in [0, 0.1) is 5.82 Å². The number of hydrogen-bond acceptors (Lipinski definition) is 2. The predicted octanol–water partition coefficient (Wildman–Crippen LogP) is 3.89. The van der Waals surface area contributed by atoms with Crippen molar-refractivity contribution < 1.29 is 4.39 Å². The van der Waals surface area contributed by atoms with Crippen molar-refractivity contribution in [1.82, 2.24) is 4.90 Å². The number of hydrogen-bond donors (Lipinski definition) is 1. The minimum atomic E-state index is -0.162. The van der Waals surface area contributed by atoms with E-state index in [4.69, 9.17) is 0 Å². The molecule has 1 saturated heterocycles. The number of rotatable bonds is 5. The molecule has 1 aromatic carbocycles. The molecular formula is C16H25FN2. The normalized spacial score (nSPS) is 21.1. The molecule has 1 N–H and O–H groups in total. The van der Waals surface area contributed by atoms with Gasteiger partial charge in [0.2, 0.25) is 0 Å². The van der Waals surface area contributed by atoms with E-state index in [9.17, 15) is 4.39 Å². The summed E-state index contributed by atoms with van der Waals surface area (Å²) in [6.07, 6.45) is 6.55. The van der Waals surface area contributed by atoms with Gasteiger partial charge in [-0.05, 0) is 37.9 Å². The molecular weight excluding hydrogens is 239 g/mol. The highest BCUT2D eigenvalue weighted by Crippen LogP contribution is 2.19. The third kappa shape index (κ3) is 4.20. The maximum atomic E-state index is 13.5. The molecule has 1 heterocycles. The summed E-state index contributed by atoms with van der Waals surface area (Å²) in [7, 11) is 0. The molecule has 0 radical (unpaired) electrons. The van der Waals surface area contributed by atoms with Crippen LogP contribution in [-0.4, -0.2) is 30.6 Å². The maximum Gasteiger partial charge on any atom is 0.146 e. The number of likely N-dealkylation sites (tertiary alicyclic amines) is 1. The van der Waals surface area contributed by atoms with Crippen molar-refractivity contribution in [3.63, 3.8) is 0 Å². The zero-order chi connectivity index (χ0) is 13.5. The first-order valence-electron chi connectivity index (χ1n) is 7.53. The van der Waals surface area contributed by atoms with Crippen LogP contribution >= 0.6 is 0 Å². The highest BCUT2D eigenvalue weighted by molar-refractivity contribution is 5.44. The van der Waals surface area contributed by atoms with Crippen LogP contribution < -0.4 is 5.32 Å². The third-order valence-electron chi connectivity index (χ3n) is 4.06. The summed E-state index contributed by atoms with van der Waals surface area (Å²) in [5.74, 6) is -0.162. The molecule has 1 atom stereocenters. The Hall–Kier alpha value is -1.09. The highest BCUT2D eigenvalue weighted by atomic mass is 19.1. The lowest BCUT2D eigenvalue weighted by molar-refractivity contribution is 0.202. The van der Waals surface area contributed by atoms with Crippen LogP contribution in [0.4, 0.5) is 10.1 Å². The molecule has 0 amide bonds. The molecule has 2 rings (SSSR count). The standard InChI is InChI=1S/C16H25FN2/c1-2-14-8-4-3-7-12-19(14)13-11-18-16-10-6-5-9-15(16)17/h5-6,9-10,14,18H,2-4,7-8,11-13H2,1H3. The monoisotopic (exact) mass is 264 g/mol. The fourth-order valence-corrected chi connectivity index (χ4v) is 2.93. The number of para-hydroxylation sites is 1. The van der Waals surface area contributed by atoms with E-state index in [0.29, 0.717) is 11.7 Å². The van der Waals surface area contributed by atoms with Gasteiger partial charge in [0, 0.05) is 19.1 Å². The lowest BCUT2D eigenvalue weighted by Gasteiger charge is -2.29. The van der Waals surface area contributed by atoms with Gasteiger partial charge < -0.3 is 5.32 Å². The quantitative estimate of drug-likeness (QED) is 0.868. The highest BCUT2D eigenvalue weighted by Gasteiger charge is 2.18. The second-order valence-corrected chi connectivity index (χ2v) is 5.35. The van der Waals surface area contributed by atoms with E-state index in [1.165, 1.54) is 44.7 Å². The summed E-state index contributed by atoms with van der Waals surface area (Å²) in [5, 5.41) is 3.21. The van der Waals surface area contributed by atoms with Gasteiger partial charge in [0.25, 0.3) is 0 Å². The largest absolute Gasteiger partial charge is 0.381 e. The molecule has 0 bridgehead atoms. The molecule has 0 aliphatic carbocycles. The third-order valence-corrected chi connectivity index (χ3v) is 4.06. The van der Waals surface area contributed by atoms with Crippen molar-refractivity contribution in [1.29, 1.82) is 0 Å². The molecule has 106 valence electrons. The Kier molecular flexibility index (Phi) is 5.64. The fourth-order valence-electron chi connectivity index (χ4n) is 2.93. The molecule has 3 heteroatoms. The first-order chi connectivity index (χ1) is 9.31. The molecule has 0 spiro atoms. The number of anilines is 1. The van der Waals surface area contributed by atoms with Gasteiger partial charge in [-0.1, -0.05) is 31.9 Å². The Morgan fingerprint density at radius 2 is 2.11 bits per heavy atom. The van der Waals surface area contributed by atoms with Crippen molar-refractivity contribution in [2.45, 2.75) is 45.1 Å². The van der Waals surface area contributed by atoms with E-state index in [1.54, 1.807) is 12.1 Å². The summed E-state index contributed by atoms with van der Waals surface area (Å²) in [4.78, 5) is 2.57. The Balaban J connectivity index is 1.82. The number of nitrogens with one attached hydrogen (secondary N) is 1. The predicted molar refractivity (Wildman–Crippen MR) is 79.0 cm³/mol. The van der Waals surface area contributed by atoms with Crippen LogP contribution in [0.15, 0.2) is 24.3 Å². The molecule has 2 nitrogen and oxygen atoms in total. The van der Waals surface area contributed by atoms with Crippen LogP contribution in [0.1, 0.15) is 39.0 Å². The Labute approximate surface area is 116 Å². The number of nitrogens with zero attached hydrogens (tertiary/aromatic N) is 1. The molecule has 0 aromatic heterocycles. The van der Waals surface area contributed by atoms with Crippen LogP contribution in [0.25, 0.3) is 0 Å². The molecule has 1 aliphatic heterocycles. The van der Waals surface area contributed by atoms with Gasteiger partial charge in [-0.15, -0.1) is 0 Å². The smallest absolute Gasteiger partial charge is 0.146 e. The molecule has 1 aromatic rings. The van der Waals surface area contributed by atoms with Crippen molar-refractivity contribution in [2.75, 3.05) is 25.0 Å². The van der Waals surface area contributed by atoms with Gasteiger partial charge in [0.05, 0.1) is 5.69 Å². The lowest BCUT2D eigenvalue weighted by atomic mass is 10.1. The summed E-state index contributed by atoms with van der Waals surface area (Å²) in [6.45, 7) is 5.29. The Bertz CT molecular complexity index is 381. The van der Waals surface area contributed by atoms with Crippen molar-refractivity contribution in [3.8, 4) is 0 Å². The second kappa shape index (κ2) is 7.49. The molecule has 0 saturated carbocycles. The van der Waals surface area contributed by atoms with E-state index in [1.807, 2.05) is 6.07 Å². The molecule has 19 heavy (non-hydrogen) atoms. The van der Waals surface area contributed by atoms with E-state index in [0.717, 1.165) is 13.1 Å². The minimum Gasteiger partial charge on any atom is -0.381 e. The zero-order valence-electron chi connectivity index (χ0n) is 11.9. The average molecular weight is 264 g/mol. The van der Waals surface area contributed by atoms with Crippen LogP contribution in [0.3, 0.4) is 0 Å². The molecule has 1 fully saturated rings. The van der Waals surface area contributed by atoms with Crippen molar-refractivity contribution in [3.05, 3.63) is 30.1 Å². The summed E-state index contributed by atoms with van der Waals surface area (Å²) < 4.78 is 13.5. The van der Waals surface area contributed by atoms with Crippen molar-refractivity contribution >= 4 is 5.69 Å². The lowest BCUT2D eigenvalue weighted by Crippen LogP contribution is -2.37. The summed E-state index contributed by atoms with van der Waals surface area (Å²) >= 11 is 0. The number of halogens is 1. The maximum absolute atomic E-state index is 13.5. The van der Waals surface area contributed by atoms with Gasteiger partial charge in [0.1, 0.15) is 5.82 Å². The summed E-state index contributed by atoms with van der Waals surface area (Å²) in [6, 6.07) is 7.61. The second-order valence-electron chi connectivity index (χ2n) is 5.35. The average Bonchev–Trinajstić information content (AvgIpc) is 2.66. The van der Waals surface area contributed by atoms with Crippen LogP contribution in [0.2, 0.25) is 0 Å². The fraction of sp³-hybridized carbons (Fsp3) is 0.625. The summed E-state index contributed by atoms with van der Waals surface area (Å²) in [5.41, 5.74) is 0.616. The molecule has 1 unspecified atom stereocenters.